The molecular weight excluding hydrogens is 470 g/mol. The van der Waals surface area contributed by atoms with Crippen LogP contribution in [0.2, 0.25) is 0 Å². The van der Waals surface area contributed by atoms with E-state index in [9.17, 15) is 0 Å². The molecule has 39 heavy (non-hydrogen) atoms. The molecule has 0 amide bonds. The Kier molecular flexibility index (Phi) is 5.88. The highest BCUT2D eigenvalue weighted by molar-refractivity contribution is 6.21. The lowest BCUT2D eigenvalue weighted by Crippen LogP contribution is -2.09. The summed E-state index contributed by atoms with van der Waals surface area (Å²) in [4.78, 5) is 2.31. The summed E-state index contributed by atoms with van der Waals surface area (Å²) >= 11 is 0. The fourth-order valence-corrected chi connectivity index (χ4v) is 5.72. The molecule has 7 aromatic rings. The van der Waals surface area contributed by atoms with Crippen LogP contribution in [0.25, 0.3) is 43.8 Å². The SMILES string of the molecule is c1ccc(-c2c(-c3ccc(N(c4ccccc4)c4ccccc4)cc3)c3ccccc3c3ccccc23)cc1. The van der Waals surface area contributed by atoms with E-state index in [1.54, 1.807) is 0 Å². The molecule has 0 unspecified atom stereocenters. The molecule has 7 aromatic carbocycles. The predicted octanol–water partition coefficient (Wildman–Crippen LogP) is 10.8. The van der Waals surface area contributed by atoms with Gasteiger partial charge in [-0.1, -0.05) is 127 Å². The Morgan fingerprint density at radius 2 is 0.590 bits per heavy atom. The smallest absolute Gasteiger partial charge is 0.0462 e. The minimum atomic E-state index is 1.13. The number of nitrogens with zero attached hydrogens (tertiary/aromatic N) is 1. The van der Waals surface area contributed by atoms with Crippen LogP contribution in [0.4, 0.5) is 17.1 Å². The Morgan fingerprint density at radius 3 is 1.05 bits per heavy atom. The number of hydrogen-bond acceptors (Lipinski definition) is 1. The van der Waals surface area contributed by atoms with Crippen LogP contribution < -0.4 is 4.90 Å². The van der Waals surface area contributed by atoms with Gasteiger partial charge in [0, 0.05) is 17.1 Å². The topological polar surface area (TPSA) is 3.24 Å². The Hall–Kier alpha value is -5.14. The molecule has 0 N–H and O–H groups in total. The molecule has 0 aliphatic heterocycles. The summed E-state index contributed by atoms with van der Waals surface area (Å²) < 4.78 is 0. The van der Waals surface area contributed by atoms with E-state index in [0.29, 0.717) is 0 Å². The second kappa shape index (κ2) is 9.96. The maximum Gasteiger partial charge on any atom is 0.0462 e. The van der Waals surface area contributed by atoms with Crippen molar-refractivity contribution in [2.75, 3.05) is 4.90 Å². The molecule has 0 saturated heterocycles. The monoisotopic (exact) mass is 497 g/mol. The van der Waals surface area contributed by atoms with Crippen LogP contribution in [-0.4, -0.2) is 0 Å². The summed E-state index contributed by atoms with van der Waals surface area (Å²) in [7, 11) is 0. The second-order valence-electron chi connectivity index (χ2n) is 9.76. The van der Waals surface area contributed by atoms with Gasteiger partial charge in [-0.2, -0.15) is 0 Å². The highest BCUT2D eigenvalue weighted by atomic mass is 15.1. The van der Waals surface area contributed by atoms with Crippen LogP contribution in [0.1, 0.15) is 0 Å². The van der Waals surface area contributed by atoms with Crippen LogP contribution in [0.3, 0.4) is 0 Å². The molecule has 0 bridgehead atoms. The summed E-state index contributed by atoms with van der Waals surface area (Å²) in [5.74, 6) is 0. The van der Waals surface area contributed by atoms with Gasteiger partial charge in [0.05, 0.1) is 0 Å². The number of rotatable bonds is 5. The lowest BCUT2D eigenvalue weighted by molar-refractivity contribution is 1.28. The van der Waals surface area contributed by atoms with E-state index >= 15 is 0 Å². The van der Waals surface area contributed by atoms with Crippen molar-refractivity contribution in [2.24, 2.45) is 0 Å². The first-order valence-electron chi connectivity index (χ1n) is 13.4. The zero-order chi connectivity index (χ0) is 26.0. The quantitative estimate of drug-likeness (QED) is 0.214. The van der Waals surface area contributed by atoms with Crippen LogP contribution in [0.5, 0.6) is 0 Å². The summed E-state index contributed by atoms with van der Waals surface area (Å²) in [6.45, 7) is 0. The zero-order valence-corrected chi connectivity index (χ0v) is 21.5. The average Bonchev–Trinajstić information content (AvgIpc) is 3.02. The molecule has 0 aliphatic carbocycles. The van der Waals surface area contributed by atoms with Crippen molar-refractivity contribution in [3.8, 4) is 22.3 Å². The largest absolute Gasteiger partial charge is 0.311 e. The number of para-hydroxylation sites is 2. The van der Waals surface area contributed by atoms with E-state index < -0.39 is 0 Å². The van der Waals surface area contributed by atoms with Gasteiger partial charge in [0.1, 0.15) is 0 Å². The van der Waals surface area contributed by atoms with Crippen molar-refractivity contribution in [2.45, 2.75) is 0 Å². The Labute approximate surface area is 229 Å². The summed E-state index contributed by atoms with van der Waals surface area (Å²) in [6, 6.07) is 58.5. The van der Waals surface area contributed by atoms with Crippen molar-refractivity contribution in [3.05, 3.63) is 164 Å². The van der Waals surface area contributed by atoms with Gasteiger partial charge in [0.15, 0.2) is 0 Å². The van der Waals surface area contributed by atoms with Crippen LogP contribution >= 0.6 is 0 Å². The van der Waals surface area contributed by atoms with E-state index in [4.69, 9.17) is 0 Å². The molecule has 0 fully saturated rings. The predicted molar refractivity (Wildman–Crippen MR) is 167 cm³/mol. The molecule has 0 saturated carbocycles. The van der Waals surface area contributed by atoms with Gasteiger partial charge in [0.2, 0.25) is 0 Å². The molecule has 0 radical (unpaired) electrons. The van der Waals surface area contributed by atoms with Crippen molar-refractivity contribution < 1.29 is 0 Å². The molecule has 184 valence electrons. The first kappa shape index (κ1) is 23.0. The first-order valence-corrected chi connectivity index (χ1v) is 13.4. The van der Waals surface area contributed by atoms with Crippen molar-refractivity contribution in [1.82, 2.24) is 0 Å². The maximum absolute atomic E-state index is 2.31. The molecule has 7 rings (SSSR count). The van der Waals surface area contributed by atoms with Crippen molar-refractivity contribution >= 4 is 38.6 Å². The third-order valence-corrected chi connectivity index (χ3v) is 7.44. The van der Waals surface area contributed by atoms with Crippen LogP contribution in [-0.2, 0) is 0 Å². The first-order chi connectivity index (χ1) is 19.4. The van der Waals surface area contributed by atoms with Gasteiger partial charge in [0.25, 0.3) is 0 Å². The Balaban J connectivity index is 1.46. The minimum Gasteiger partial charge on any atom is -0.311 e. The van der Waals surface area contributed by atoms with Gasteiger partial charge < -0.3 is 4.90 Å². The molecule has 0 aliphatic rings. The number of hydrogen-bond donors (Lipinski definition) is 0. The van der Waals surface area contributed by atoms with Gasteiger partial charge in [-0.3, -0.25) is 0 Å². The highest BCUT2D eigenvalue weighted by Crippen LogP contribution is 2.45. The van der Waals surface area contributed by atoms with Gasteiger partial charge in [-0.25, -0.2) is 0 Å². The summed E-state index contributed by atoms with van der Waals surface area (Å²) in [5.41, 5.74) is 8.39. The van der Waals surface area contributed by atoms with E-state index in [2.05, 4.69) is 169 Å². The van der Waals surface area contributed by atoms with Gasteiger partial charge >= 0.3 is 0 Å². The fourth-order valence-electron chi connectivity index (χ4n) is 5.72. The second-order valence-corrected chi connectivity index (χ2v) is 9.76. The number of fused-ring (bicyclic) bond motifs is 3. The summed E-state index contributed by atoms with van der Waals surface area (Å²) in [6.07, 6.45) is 0. The summed E-state index contributed by atoms with van der Waals surface area (Å²) in [5, 5.41) is 5.11. The number of benzene rings is 7. The molecule has 0 heterocycles. The fraction of sp³-hybridized carbons (Fsp3) is 0. The van der Waals surface area contributed by atoms with Crippen molar-refractivity contribution in [3.63, 3.8) is 0 Å². The van der Waals surface area contributed by atoms with E-state index in [0.717, 1.165) is 17.1 Å². The molecule has 0 atom stereocenters. The molecule has 1 heteroatoms. The normalized spacial score (nSPS) is 11.1. The van der Waals surface area contributed by atoms with E-state index in [-0.39, 0.29) is 0 Å². The number of anilines is 3. The molecule has 1 nitrogen and oxygen atoms in total. The van der Waals surface area contributed by atoms with Gasteiger partial charge in [-0.05, 0) is 80.2 Å². The van der Waals surface area contributed by atoms with Crippen LogP contribution in [0.15, 0.2) is 164 Å². The molecule has 0 spiro atoms. The molecule has 0 aromatic heterocycles. The van der Waals surface area contributed by atoms with E-state index in [1.165, 1.54) is 43.8 Å². The lowest BCUT2D eigenvalue weighted by atomic mass is 9.85. The Morgan fingerprint density at radius 1 is 0.256 bits per heavy atom. The zero-order valence-electron chi connectivity index (χ0n) is 21.5. The third-order valence-electron chi connectivity index (χ3n) is 7.44. The highest BCUT2D eigenvalue weighted by Gasteiger charge is 2.18. The third kappa shape index (κ3) is 4.15. The average molecular weight is 498 g/mol. The Bertz CT molecular complexity index is 1830. The maximum atomic E-state index is 2.31. The lowest BCUT2D eigenvalue weighted by Gasteiger charge is -2.26. The minimum absolute atomic E-state index is 1.13. The van der Waals surface area contributed by atoms with Crippen molar-refractivity contribution in [1.29, 1.82) is 0 Å². The standard InChI is InChI=1S/C38H27N/c1-4-14-28(15-5-1)37-35-22-12-10-20-33(35)34-21-11-13-23-36(34)38(37)29-24-26-32(27-25-29)39(30-16-6-2-7-17-30)31-18-8-3-9-19-31/h1-27H. The van der Waals surface area contributed by atoms with E-state index in [1.807, 2.05) is 0 Å². The van der Waals surface area contributed by atoms with Crippen LogP contribution in [0, 0.1) is 0 Å². The molecular formula is C38H27N. The van der Waals surface area contributed by atoms with Gasteiger partial charge in [-0.15, -0.1) is 0 Å².